The van der Waals surface area contributed by atoms with Crippen molar-refractivity contribution in [3.63, 3.8) is 0 Å². The summed E-state index contributed by atoms with van der Waals surface area (Å²) < 4.78 is 0. The van der Waals surface area contributed by atoms with Crippen LogP contribution >= 0.6 is 11.8 Å². The number of nitrogens with zero attached hydrogens (tertiary/aromatic N) is 1. The lowest BCUT2D eigenvalue weighted by atomic mass is 10.1. The monoisotopic (exact) mass is 262 g/mol. The van der Waals surface area contributed by atoms with Gasteiger partial charge >= 0.3 is 0 Å². The van der Waals surface area contributed by atoms with Crippen LogP contribution in [0.5, 0.6) is 0 Å². The standard InChI is InChI=1S/C14H18N2OS/c1-10(13(17)16-14(2,3)4)18-12-7-5-11(9-15)6-8-12/h5-8,10H,1-4H3,(H,16,17). The molecule has 0 bridgehead atoms. The van der Waals surface area contributed by atoms with Gasteiger partial charge in [-0.1, -0.05) is 0 Å². The highest BCUT2D eigenvalue weighted by molar-refractivity contribution is 8.00. The zero-order valence-electron chi connectivity index (χ0n) is 11.2. The summed E-state index contributed by atoms with van der Waals surface area (Å²) in [5.41, 5.74) is 0.419. The van der Waals surface area contributed by atoms with Crippen LogP contribution in [0.15, 0.2) is 29.2 Å². The fourth-order valence-corrected chi connectivity index (χ4v) is 2.20. The molecular formula is C14H18N2OS. The number of carbonyl (C=O) groups excluding carboxylic acids is 1. The Morgan fingerprint density at radius 3 is 2.33 bits per heavy atom. The van der Waals surface area contributed by atoms with Crippen LogP contribution in [0.3, 0.4) is 0 Å². The van der Waals surface area contributed by atoms with E-state index in [0.29, 0.717) is 5.56 Å². The molecule has 1 rings (SSSR count). The Bertz CT molecular complexity index is 454. The lowest BCUT2D eigenvalue weighted by molar-refractivity contribution is -0.121. The molecule has 1 unspecified atom stereocenters. The quantitative estimate of drug-likeness (QED) is 0.852. The Labute approximate surface area is 113 Å². The lowest BCUT2D eigenvalue weighted by Gasteiger charge is -2.23. The largest absolute Gasteiger partial charge is 0.351 e. The molecule has 4 heteroatoms. The third kappa shape index (κ3) is 4.80. The maximum atomic E-state index is 11.9. The summed E-state index contributed by atoms with van der Waals surface area (Å²) in [6.45, 7) is 7.77. The van der Waals surface area contributed by atoms with Crippen molar-refractivity contribution >= 4 is 17.7 Å². The molecule has 1 amide bonds. The Kier molecular flexibility index (Phi) is 4.80. The molecule has 0 saturated heterocycles. The molecule has 0 spiro atoms. The predicted molar refractivity (Wildman–Crippen MR) is 74.4 cm³/mol. The molecule has 0 aromatic heterocycles. The van der Waals surface area contributed by atoms with Crippen LogP contribution in [0, 0.1) is 11.3 Å². The van der Waals surface area contributed by atoms with Crippen LogP contribution in [0.2, 0.25) is 0 Å². The second-order valence-corrected chi connectivity index (χ2v) is 6.55. The molecule has 18 heavy (non-hydrogen) atoms. The van der Waals surface area contributed by atoms with Crippen molar-refractivity contribution in [1.29, 1.82) is 5.26 Å². The Morgan fingerprint density at radius 1 is 1.33 bits per heavy atom. The maximum absolute atomic E-state index is 11.9. The van der Waals surface area contributed by atoms with E-state index in [0.717, 1.165) is 4.90 Å². The molecule has 0 saturated carbocycles. The smallest absolute Gasteiger partial charge is 0.233 e. The summed E-state index contributed by atoms with van der Waals surface area (Å²) >= 11 is 1.49. The van der Waals surface area contributed by atoms with E-state index in [-0.39, 0.29) is 16.7 Å². The SMILES string of the molecule is CC(Sc1ccc(C#N)cc1)C(=O)NC(C)(C)C. The van der Waals surface area contributed by atoms with Crippen molar-refractivity contribution in [2.75, 3.05) is 0 Å². The molecule has 0 heterocycles. The number of nitrogens with one attached hydrogen (secondary N) is 1. The van der Waals surface area contributed by atoms with E-state index in [1.165, 1.54) is 11.8 Å². The molecule has 1 aromatic rings. The molecule has 1 atom stereocenters. The topological polar surface area (TPSA) is 52.9 Å². The van der Waals surface area contributed by atoms with Gasteiger partial charge in [0, 0.05) is 10.4 Å². The number of hydrogen-bond donors (Lipinski definition) is 1. The summed E-state index contributed by atoms with van der Waals surface area (Å²) in [5.74, 6) is 0.0249. The van der Waals surface area contributed by atoms with Gasteiger partial charge < -0.3 is 5.32 Å². The van der Waals surface area contributed by atoms with Crippen LogP contribution < -0.4 is 5.32 Å². The minimum atomic E-state index is -0.212. The Morgan fingerprint density at radius 2 is 1.89 bits per heavy atom. The highest BCUT2D eigenvalue weighted by atomic mass is 32.2. The lowest BCUT2D eigenvalue weighted by Crippen LogP contribution is -2.44. The van der Waals surface area contributed by atoms with Gasteiger partial charge in [0.2, 0.25) is 5.91 Å². The first-order valence-corrected chi connectivity index (χ1v) is 6.68. The van der Waals surface area contributed by atoms with Crippen LogP contribution in [0.1, 0.15) is 33.3 Å². The number of thioether (sulfide) groups is 1. The second kappa shape index (κ2) is 5.92. The van der Waals surface area contributed by atoms with E-state index in [4.69, 9.17) is 5.26 Å². The molecule has 0 aliphatic heterocycles. The summed E-state index contributed by atoms with van der Waals surface area (Å²) in [6.07, 6.45) is 0. The molecule has 1 aromatic carbocycles. The summed E-state index contributed by atoms with van der Waals surface area (Å²) in [7, 11) is 0. The van der Waals surface area contributed by atoms with E-state index in [2.05, 4.69) is 11.4 Å². The first-order valence-electron chi connectivity index (χ1n) is 5.80. The van der Waals surface area contributed by atoms with Gasteiger partial charge in [0.1, 0.15) is 0 Å². The summed E-state index contributed by atoms with van der Waals surface area (Å²) in [6, 6.07) is 9.32. The summed E-state index contributed by atoms with van der Waals surface area (Å²) in [4.78, 5) is 12.9. The van der Waals surface area contributed by atoms with Gasteiger partial charge in [0.15, 0.2) is 0 Å². The second-order valence-electron chi connectivity index (χ2n) is 5.14. The molecule has 0 radical (unpaired) electrons. The van der Waals surface area contributed by atoms with Crippen molar-refractivity contribution in [3.8, 4) is 6.07 Å². The third-order valence-electron chi connectivity index (χ3n) is 2.16. The zero-order valence-corrected chi connectivity index (χ0v) is 12.0. The molecule has 0 aliphatic rings. The molecule has 0 aliphatic carbocycles. The number of hydrogen-bond acceptors (Lipinski definition) is 3. The first-order chi connectivity index (χ1) is 8.31. The van der Waals surface area contributed by atoms with Crippen LogP contribution in [-0.2, 0) is 4.79 Å². The molecule has 96 valence electrons. The van der Waals surface area contributed by atoms with E-state index in [1.54, 1.807) is 12.1 Å². The minimum absolute atomic E-state index is 0.0249. The normalized spacial score (nSPS) is 12.6. The first kappa shape index (κ1) is 14.6. The highest BCUT2D eigenvalue weighted by Gasteiger charge is 2.19. The fraction of sp³-hybridized carbons (Fsp3) is 0.429. The number of carbonyl (C=O) groups is 1. The minimum Gasteiger partial charge on any atom is -0.351 e. The van der Waals surface area contributed by atoms with Gasteiger partial charge in [-0.25, -0.2) is 0 Å². The molecule has 3 nitrogen and oxygen atoms in total. The Balaban J connectivity index is 2.61. The van der Waals surface area contributed by atoms with Gasteiger partial charge in [-0.3, -0.25) is 4.79 Å². The van der Waals surface area contributed by atoms with Crippen molar-refractivity contribution in [3.05, 3.63) is 29.8 Å². The number of nitriles is 1. The van der Waals surface area contributed by atoms with Crippen LogP contribution in [-0.4, -0.2) is 16.7 Å². The molecule has 0 fully saturated rings. The van der Waals surface area contributed by atoms with Gasteiger partial charge in [0.25, 0.3) is 0 Å². The van der Waals surface area contributed by atoms with Crippen LogP contribution in [0.25, 0.3) is 0 Å². The molecule has 1 N–H and O–H groups in total. The fourth-order valence-electron chi connectivity index (χ4n) is 1.34. The zero-order chi connectivity index (χ0) is 13.8. The number of benzene rings is 1. The van der Waals surface area contributed by atoms with E-state index in [1.807, 2.05) is 39.8 Å². The number of amides is 1. The van der Waals surface area contributed by atoms with Crippen LogP contribution in [0.4, 0.5) is 0 Å². The summed E-state index contributed by atoms with van der Waals surface area (Å²) in [5, 5.41) is 11.5. The van der Waals surface area contributed by atoms with E-state index in [9.17, 15) is 4.79 Å². The Hall–Kier alpha value is -1.47. The average molecular weight is 262 g/mol. The van der Waals surface area contributed by atoms with Crippen molar-refractivity contribution in [2.24, 2.45) is 0 Å². The van der Waals surface area contributed by atoms with Crippen molar-refractivity contribution < 1.29 is 4.79 Å². The van der Waals surface area contributed by atoms with Gasteiger partial charge in [-0.05, 0) is 52.0 Å². The van der Waals surface area contributed by atoms with Crippen molar-refractivity contribution in [1.82, 2.24) is 5.32 Å². The number of rotatable bonds is 3. The van der Waals surface area contributed by atoms with Gasteiger partial charge in [-0.2, -0.15) is 5.26 Å². The van der Waals surface area contributed by atoms with Gasteiger partial charge in [-0.15, -0.1) is 11.8 Å². The van der Waals surface area contributed by atoms with Crippen molar-refractivity contribution in [2.45, 2.75) is 43.4 Å². The third-order valence-corrected chi connectivity index (χ3v) is 3.28. The van der Waals surface area contributed by atoms with E-state index < -0.39 is 0 Å². The predicted octanol–water partition coefficient (Wildman–Crippen LogP) is 2.95. The highest BCUT2D eigenvalue weighted by Crippen LogP contribution is 2.23. The van der Waals surface area contributed by atoms with E-state index >= 15 is 0 Å². The average Bonchev–Trinajstić information content (AvgIpc) is 2.27. The molecular weight excluding hydrogens is 244 g/mol. The van der Waals surface area contributed by atoms with Gasteiger partial charge in [0.05, 0.1) is 16.9 Å². The maximum Gasteiger partial charge on any atom is 0.233 e.